The lowest BCUT2D eigenvalue weighted by Crippen LogP contribution is -2.41. The van der Waals surface area contributed by atoms with Gasteiger partial charge in [0.1, 0.15) is 17.3 Å². The fourth-order valence-corrected chi connectivity index (χ4v) is 5.34. The number of tetrazole rings is 1. The second kappa shape index (κ2) is 9.12. The van der Waals surface area contributed by atoms with Crippen LogP contribution in [0.15, 0.2) is 41.3 Å². The van der Waals surface area contributed by atoms with Crippen LogP contribution in [0.2, 0.25) is 5.02 Å². The highest BCUT2D eigenvalue weighted by Gasteiger charge is 2.32. The molecule has 2 heterocycles. The summed E-state index contributed by atoms with van der Waals surface area (Å²) in [5, 5.41) is 13.4. The Labute approximate surface area is 193 Å². The smallest absolute Gasteiger partial charge is 0.243 e. The molecule has 9 nitrogen and oxygen atoms in total. The average molecular weight is 497 g/mol. The first kappa shape index (κ1) is 23.2. The van der Waals surface area contributed by atoms with Crippen molar-refractivity contribution in [3.05, 3.63) is 58.9 Å². The summed E-state index contributed by atoms with van der Waals surface area (Å²) in [4.78, 5) is 12.6. The number of benzene rings is 2. The number of halogens is 3. The van der Waals surface area contributed by atoms with E-state index in [4.69, 9.17) is 11.6 Å². The van der Waals surface area contributed by atoms with E-state index in [0.717, 1.165) is 18.2 Å². The van der Waals surface area contributed by atoms with Crippen LogP contribution in [-0.2, 0) is 14.8 Å². The second-order valence-electron chi connectivity index (χ2n) is 7.55. The first-order chi connectivity index (χ1) is 15.7. The Hall–Kier alpha value is -2.96. The molecule has 0 saturated carbocycles. The van der Waals surface area contributed by atoms with Gasteiger partial charge in [-0.25, -0.2) is 17.2 Å². The number of sulfonamides is 1. The summed E-state index contributed by atoms with van der Waals surface area (Å²) in [6.45, 7) is 1.86. The lowest BCUT2D eigenvalue weighted by atomic mass is 9.97. The molecule has 0 aliphatic carbocycles. The number of hydrogen-bond donors (Lipinski definition) is 1. The molecule has 3 aromatic rings. The number of rotatable bonds is 5. The Morgan fingerprint density at radius 1 is 1.12 bits per heavy atom. The summed E-state index contributed by atoms with van der Waals surface area (Å²) in [6, 6.07) is 7.29. The predicted molar refractivity (Wildman–Crippen MR) is 115 cm³/mol. The molecule has 0 unspecified atom stereocenters. The number of hydrogen-bond acceptors (Lipinski definition) is 6. The Balaban J connectivity index is 1.42. The topological polar surface area (TPSA) is 110 Å². The van der Waals surface area contributed by atoms with Gasteiger partial charge in [-0.15, -0.1) is 5.10 Å². The molecule has 1 aliphatic rings. The lowest BCUT2D eigenvalue weighted by molar-refractivity contribution is -0.120. The number of piperidine rings is 1. The number of carbonyl (C=O) groups excluding carboxylic acids is 1. The Kier molecular flexibility index (Phi) is 6.41. The van der Waals surface area contributed by atoms with E-state index in [-0.39, 0.29) is 34.6 Å². The molecule has 0 atom stereocenters. The molecule has 0 radical (unpaired) electrons. The fourth-order valence-electron chi connectivity index (χ4n) is 3.60. The summed E-state index contributed by atoms with van der Waals surface area (Å²) < 4.78 is 55.7. The molecule has 0 bridgehead atoms. The van der Waals surface area contributed by atoms with Gasteiger partial charge in [0.15, 0.2) is 5.82 Å². The van der Waals surface area contributed by atoms with E-state index in [9.17, 15) is 22.0 Å². The van der Waals surface area contributed by atoms with E-state index in [1.54, 1.807) is 6.92 Å². The van der Waals surface area contributed by atoms with Gasteiger partial charge in [-0.1, -0.05) is 11.6 Å². The molecule has 1 aliphatic heterocycles. The zero-order valence-corrected chi connectivity index (χ0v) is 18.9. The number of aryl methyl sites for hydroxylation is 1. The molecule has 13 heteroatoms. The summed E-state index contributed by atoms with van der Waals surface area (Å²) in [5.41, 5.74) is 0.455. The Morgan fingerprint density at radius 2 is 1.82 bits per heavy atom. The van der Waals surface area contributed by atoms with Crippen molar-refractivity contribution in [3.63, 3.8) is 0 Å². The maximum Gasteiger partial charge on any atom is 0.243 e. The maximum absolute atomic E-state index is 14.2. The first-order valence-corrected chi connectivity index (χ1v) is 11.8. The number of aromatic nitrogens is 4. The molecule has 1 N–H and O–H groups in total. The van der Waals surface area contributed by atoms with E-state index >= 15 is 0 Å². The number of nitrogens with zero attached hydrogens (tertiary/aromatic N) is 5. The van der Waals surface area contributed by atoms with Gasteiger partial charge in [0.2, 0.25) is 15.9 Å². The van der Waals surface area contributed by atoms with E-state index < -0.39 is 27.6 Å². The summed E-state index contributed by atoms with van der Waals surface area (Å²) in [6.07, 6.45) is 0.584. The van der Waals surface area contributed by atoms with Crippen molar-refractivity contribution in [1.29, 1.82) is 0 Å². The predicted octanol–water partition coefficient (Wildman–Crippen LogP) is 2.94. The summed E-state index contributed by atoms with van der Waals surface area (Å²) in [7, 11) is -3.86. The van der Waals surface area contributed by atoms with Crippen LogP contribution in [0.3, 0.4) is 0 Å². The normalized spacial score (nSPS) is 15.5. The fraction of sp³-hybridized carbons (Fsp3) is 0.300. The minimum absolute atomic E-state index is 0.0918. The van der Waals surface area contributed by atoms with Gasteiger partial charge in [0.25, 0.3) is 0 Å². The summed E-state index contributed by atoms with van der Waals surface area (Å²) >= 11 is 5.72. The van der Waals surface area contributed by atoms with Crippen LogP contribution in [0, 0.1) is 24.5 Å². The van der Waals surface area contributed by atoms with Crippen molar-refractivity contribution in [2.75, 3.05) is 18.4 Å². The van der Waals surface area contributed by atoms with Gasteiger partial charge in [-0.3, -0.25) is 4.79 Å². The minimum Gasteiger partial charge on any atom is -0.326 e. The van der Waals surface area contributed by atoms with Gasteiger partial charge in [-0.2, -0.15) is 8.99 Å². The molecular weight excluding hydrogens is 478 g/mol. The van der Waals surface area contributed by atoms with E-state index in [2.05, 4.69) is 20.8 Å². The van der Waals surface area contributed by atoms with Crippen LogP contribution in [0.25, 0.3) is 5.69 Å². The van der Waals surface area contributed by atoms with Gasteiger partial charge in [0.05, 0.1) is 9.92 Å². The van der Waals surface area contributed by atoms with Crippen LogP contribution >= 0.6 is 11.6 Å². The zero-order chi connectivity index (χ0) is 23.8. The quantitative estimate of drug-likeness (QED) is 0.581. The molecule has 4 rings (SSSR count). The van der Waals surface area contributed by atoms with Crippen molar-refractivity contribution < 1.29 is 22.0 Å². The van der Waals surface area contributed by atoms with Gasteiger partial charge < -0.3 is 5.32 Å². The largest absolute Gasteiger partial charge is 0.326 e. The third-order valence-corrected chi connectivity index (χ3v) is 7.61. The third-order valence-electron chi connectivity index (χ3n) is 5.42. The number of amides is 1. The molecule has 1 fully saturated rings. The highest BCUT2D eigenvalue weighted by atomic mass is 35.5. The Bertz CT molecular complexity index is 1310. The van der Waals surface area contributed by atoms with Crippen molar-refractivity contribution in [2.24, 2.45) is 5.92 Å². The first-order valence-electron chi connectivity index (χ1n) is 9.98. The molecule has 1 saturated heterocycles. The molecule has 2 aromatic carbocycles. The standard InChI is InChI=1S/C20H19ClF2N6O3S/c1-12-25-26-27-29(12)19-10-14(2-4-18(19)23)24-20(30)13-6-8-28(9-7-13)33(31,32)15-3-5-17(22)16(21)11-15/h2-5,10-11,13H,6-9H2,1H3,(H,24,30). The maximum atomic E-state index is 14.2. The molecule has 1 amide bonds. The van der Waals surface area contributed by atoms with Crippen molar-refractivity contribution >= 4 is 33.2 Å². The molecule has 1 aromatic heterocycles. The van der Waals surface area contributed by atoms with Gasteiger partial charge in [-0.05, 0) is 66.6 Å². The van der Waals surface area contributed by atoms with Crippen molar-refractivity contribution in [2.45, 2.75) is 24.7 Å². The van der Waals surface area contributed by atoms with Crippen molar-refractivity contribution in [1.82, 2.24) is 24.5 Å². The minimum atomic E-state index is -3.86. The number of nitrogens with one attached hydrogen (secondary N) is 1. The van der Waals surface area contributed by atoms with Crippen LogP contribution in [0.5, 0.6) is 0 Å². The van der Waals surface area contributed by atoms with E-state index in [1.165, 1.54) is 27.2 Å². The van der Waals surface area contributed by atoms with Crippen LogP contribution < -0.4 is 5.32 Å². The molecule has 33 heavy (non-hydrogen) atoms. The lowest BCUT2D eigenvalue weighted by Gasteiger charge is -2.30. The average Bonchev–Trinajstić information content (AvgIpc) is 3.22. The van der Waals surface area contributed by atoms with E-state index in [0.29, 0.717) is 24.4 Å². The SMILES string of the molecule is Cc1nnnn1-c1cc(NC(=O)C2CCN(S(=O)(=O)c3ccc(F)c(Cl)c3)CC2)ccc1F. The van der Waals surface area contributed by atoms with E-state index in [1.807, 2.05) is 0 Å². The van der Waals surface area contributed by atoms with Crippen LogP contribution in [-0.4, -0.2) is 51.9 Å². The molecule has 0 spiro atoms. The second-order valence-corrected chi connectivity index (χ2v) is 9.89. The highest BCUT2D eigenvalue weighted by molar-refractivity contribution is 7.89. The number of carbonyl (C=O) groups is 1. The molecular formula is C20H19ClF2N6O3S. The highest BCUT2D eigenvalue weighted by Crippen LogP contribution is 2.27. The third kappa shape index (κ3) is 4.72. The monoisotopic (exact) mass is 496 g/mol. The zero-order valence-electron chi connectivity index (χ0n) is 17.4. The van der Waals surface area contributed by atoms with Gasteiger partial charge >= 0.3 is 0 Å². The van der Waals surface area contributed by atoms with Crippen LogP contribution in [0.4, 0.5) is 14.5 Å². The molecule has 174 valence electrons. The summed E-state index contributed by atoms with van der Waals surface area (Å²) in [5.74, 6) is -1.61. The van der Waals surface area contributed by atoms with Crippen molar-refractivity contribution in [3.8, 4) is 5.69 Å². The van der Waals surface area contributed by atoms with Gasteiger partial charge in [0, 0.05) is 24.7 Å². The Morgan fingerprint density at radius 3 is 2.45 bits per heavy atom. The van der Waals surface area contributed by atoms with Crippen LogP contribution in [0.1, 0.15) is 18.7 Å². The number of anilines is 1.